The van der Waals surface area contributed by atoms with Gasteiger partial charge in [-0.15, -0.1) is 0 Å². The van der Waals surface area contributed by atoms with Crippen LogP contribution in [0.5, 0.6) is 0 Å². The quantitative estimate of drug-likeness (QED) is 0.302. The lowest BCUT2D eigenvalue weighted by molar-refractivity contribution is -0.116. The lowest BCUT2D eigenvalue weighted by Crippen LogP contribution is -2.25. The summed E-state index contributed by atoms with van der Waals surface area (Å²) < 4.78 is 0. The summed E-state index contributed by atoms with van der Waals surface area (Å²) in [6, 6.07) is 27.6. The first kappa shape index (κ1) is 22.4. The van der Waals surface area contributed by atoms with Gasteiger partial charge in [0.2, 0.25) is 11.7 Å². The highest BCUT2D eigenvalue weighted by Gasteiger charge is 2.34. The second-order valence-corrected chi connectivity index (χ2v) is 8.89. The van der Waals surface area contributed by atoms with Gasteiger partial charge in [0.05, 0.1) is 28.2 Å². The van der Waals surface area contributed by atoms with E-state index in [1.165, 1.54) is 17.9 Å². The summed E-state index contributed by atoms with van der Waals surface area (Å²) in [5, 5.41) is 12.3. The second-order valence-electron chi connectivity index (χ2n) is 8.89. The summed E-state index contributed by atoms with van der Waals surface area (Å²) >= 11 is 0. The molecule has 0 aliphatic carbocycles. The number of allylic oxidation sites excluding steroid dienone is 1. The van der Waals surface area contributed by atoms with Gasteiger partial charge in [-0.3, -0.25) is 14.5 Å². The number of carboxylic acids is 1. The Balaban J connectivity index is 1.62. The molecule has 0 radical (unpaired) electrons. The summed E-state index contributed by atoms with van der Waals surface area (Å²) in [7, 11) is 0. The largest absolute Gasteiger partial charge is 0.478 e. The summed E-state index contributed by atoms with van der Waals surface area (Å²) in [4.78, 5) is 43.7. The number of Topliss-reactive ketones (excluding diaryl/α,β-unsaturated/α-hetero) is 1. The van der Waals surface area contributed by atoms with E-state index >= 15 is 0 Å². The van der Waals surface area contributed by atoms with Gasteiger partial charge in [0.15, 0.2) is 0 Å². The molecule has 5 aromatic rings. The van der Waals surface area contributed by atoms with Gasteiger partial charge in [-0.1, -0.05) is 54.6 Å². The van der Waals surface area contributed by atoms with Crippen LogP contribution >= 0.6 is 0 Å². The Labute approximate surface area is 212 Å². The van der Waals surface area contributed by atoms with E-state index in [0.29, 0.717) is 27.8 Å². The zero-order valence-electron chi connectivity index (χ0n) is 19.8. The number of amides is 1. The molecule has 1 N–H and O–H groups in total. The minimum Gasteiger partial charge on any atom is -0.478 e. The smallest absolute Gasteiger partial charge is 0.335 e. The third kappa shape index (κ3) is 3.67. The Bertz CT molecular complexity index is 1810. The monoisotopic (exact) mass is 484 g/mol. The van der Waals surface area contributed by atoms with E-state index in [9.17, 15) is 19.5 Å². The van der Waals surface area contributed by atoms with Crippen molar-refractivity contribution in [2.45, 2.75) is 6.92 Å². The standard InChI is InChI=1S/C31H20N2O4/c1-18(34)33-28-12-5-4-10-24(28)30(35)29(33)17-21-16-25(23-11-6-8-19-7-2-3-9-22(19)23)26-15-20(31(36)37)13-14-27(26)32-21/h2-17H,1H3,(H,36,37)/b29-17-. The Morgan fingerprint density at radius 3 is 2.35 bits per heavy atom. The van der Waals surface area contributed by atoms with Crippen LogP contribution in [0, 0.1) is 0 Å². The van der Waals surface area contributed by atoms with E-state index in [0.717, 1.165) is 21.9 Å². The number of fused-ring (bicyclic) bond motifs is 3. The fourth-order valence-electron chi connectivity index (χ4n) is 4.98. The normalized spacial score (nSPS) is 13.9. The third-order valence-corrected chi connectivity index (χ3v) is 6.62. The second kappa shape index (κ2) is 8.53. The Morgan fingerprint density at radius 2 is 1.54 bits per heavy atom. The molecule has 6 heteroatoms. The number of nitrogens with zero attached hydrogens (tertiary/aromatic N) is 2. The van der Waals surface area contributed by atoms with Crippen molar-refractivity contribution in [1.82, 2.24) is 4.98 Å². The molecule has 1 aliphatic rings. The van der Waals surface area contributed by atoms with E-state index in [1.54, 1.807) is 42.5 Å². The summed E-state index contributed by atoms with van der Waals surface area (Å²) in [6.45, 7) is 1.42. The van der Waals surface area contributed by atoms with Crippen LogP contribution in [0.4, 0.5) is 5.69 Å². The van der Waals surface area contributed by atoms with Gasteiger partial charge in [-0.05, 0) is 64.4 Å². The summed E-state index contributed by atoms with van der Waals surface area (Å²) in [6.07, 6.45) is 1.63. The molecule has 0 unspecified atom stereocenters. The molecular formula is C31H20N2O4. The van der Waals surface area contributed by atoms with Crippen molar-refractivity contribution in [2.24, 2.45) is 0 Å². The van der Waals surface area contributed by atoms with Gasteiger partial charge >= 0.3 is 5.97 Å². The lowest BCUT2D eigenvalue weighted by Gasteiger charge is -2.16. The van der Waals surface area contributed by atoms with Crippen LogP contribution < -0.4 is 4.90 Å². The lowest BCUT2D eigenvalue weighted by atomic mass is 9.94. The van der Waals surface area contributed by atoms with Crippen LogP contribution in [-0.4, -0.2) is 27.8 Å². The molecule has 6 rings (SSSR count). The SMILES string of the molecule is CC(=O)N1/C(=C\c2cc(-c3cccc4ccccc34)c3cc(C(=O)O)ccc3n2)C(=O)c2ccccc21. The van der Waals surface area contributed by atoms with Gasteiger partial charge in [0.1, 0.15) is 0 Å². The van der Waals surface area contributed by atoms with Crippen LogP contribution in [0.15, 0.2) is 96.7 Å². The van der Waals surface area contributed by atoms with E-state index in [-0.39, 0.29) is 23.0 Å². The van der Waals surface area contributed by atoms with Crippen molar-refractivity contribution >= 4 is 51.1 Å². The Morgan fingerprint density at radius 1 is 0.811 bits per heavy atom. The number of para-hydroxylation sites is 1. The maximum absolute atomic E-state index is 13.3. The fourth-order valence-corrected chi connectivity index (χ4v) is 4.98. The number of anilines is 1. The van der Waals surface area contributed by atoms with Crippen molar-refractivity contribution in [1.29, 1.82) is 0 Å². The highest BCUT2D eigenvalue weighted by molar-refractivity contribution is 6.26. The van der Waals surface area contributed by atoms with E-state index in [1.807, 2.05) is 48.5 Å². The average molecular weight is 485 g/mol. The number of pyridine rings is 1. The molecule has 0 bridgehead atoms. The molecule has 4 aromatic carbocycles. The van der Waals surface area contributed by atoms with Crippen LogP contribution in [0.3, 0.4) is 0 Å². The van der Waals surface area contributed by atoms with Gasteiger partial charge < -0.3 is 5.11 Å². The number of hydrogen-bond acceptors (Lipinski definition) is 4. The van der Waals surface area contributed by atoms with Crippen molar-refractivity contribution in [2.75, 3.05) is 4.90 Å². The summed E-state index contributed by atoms with van der Waals surface area (Å²) in [5.41, 5.74) is 4.17. The van der Waals surface area contributed by atoms with Gasteiger partial charge in [-0.25, -0.2) is 9.78 Å². The zero-order chi connectivity index (χ0) is 25.7. The van der Waals surface area contributed by atoms with E-state index in [4.69, 9.17) is 4.98 Å². The number of rotatable bonds is 3. The molecule has 2 heterocycles. The fraction of sp³-hybridized carbons (Fsp3) is 0.0323. The van der Waals surface area contributed by atoms with E-state index in [2.05, 4.69) is 0 Å². The van der Waals surface area contributed by atoms with Crippen molar-refractivity contribution in [3.63, 3.8) is 0 Å². The number of aromatic nitrogens is 1. The number of carboxylic acid groups (broad SMARTS) is 1. The first-order valence-corrected chi connectivity index (χ1v) is 11.7. The van der Waals surface area contributed by atoms with E-state index < -0.39 is 5.97 Å². The number of aromatic carboxylic acids is 1. The molecule has 1 aromatic heterocycles. The predicted molar refractivity (Wildman–Crippen MR) is 144 cm³/mol. The molecule has 0 spiro atoms. The number of ketones is 1. The van der Waals surface area contributed by atoms with Crippen LogP contribution in [0.2, 0.25) is 0 Å². The van der Waals surface area contributed by atoms with Crippen LogP contribution in [-0.2, 0) is 4.79 Å². The third-order valence-electron chi connectivity index (χ3n) is 6.62. The first-order valence-electron chi connectivity index (χ1n) is 11.7. The molecular weight excluding hydrogens is 464 g/mol. The topological polar surface area (TPSA) is 87.6 Å². The Hall–Kier alpha value is -5.10. The maximum Gasteiger partial charge on any atom is 0.335 e. The van der Waals surface area contributed by atoms with Gasteiger partial charge in [-0.2, -0.15) is 0 Å². The van der Waals surface area contributed by atoms with Crippen molar-refractivity contribution in [3.05, 3.63) is 114 Å². The zero-order valence-corrected chi connectivity index (χ0v) is 19.8. The average Bonchev–Trinajstić information content (AvgIpc) is 3.19. The molecule has 1 amide bonds. The first-order chi connectivity index (χ1) is 17.9. The molecule has 6 nitrogen and oxygen atoms in total. The molecule has 0 atom stereocenters. The number of hydrogen-bond donors (Lipinski definition) is 1. The molecule has 178 valence electrons. The minimum absolute atomic E-state index is 0.158. The maximum atomic E-state index is 13.3. The number of carbonyl (C=O) groups excluding carboxylic acids is 2. The number of carbonyl (C=O) groups is 3. The summed E-state index contributed by atoms with van der Waals surface area (Å²) in [5.74, 6) is -1.55. The number of benzene rings is 4. The predicted octanol–water partition coefficient (Wildman–Crippen LogP) is 6.34. The molecule has 0 fully saturated rings. The molecule has 1 aliphatic heterocycles. The van der Waals surface area contributed by atoms with Gasteiger partial charge in [0, 0.05) is 17.9 Å². The molecule has 0 saturated carbocycles. The molecule has 0 saturated heterocycles. The van der Waals surface area contributed by atoms with Crippen LogP contribution in [0.1, 0.15) is 33.3 Å². The van der Waals surface area contributed by atoms with Gasteiger partial charge in [0.25, 0.3) is 0 Å². The van der Waals surface area contributed by atoms with Crippen LogP contribution in [0.25, 0.3) is 38.9 Å². The van der Waals surface area contributed by atoms with Crippen molar-refractivity contribution < 1.29 is 19.5 Å². The minimum atomic E-state index is -1.02. The molecule has 37 heavy (non-hydrogen) atoms. The highest BCUT2D eigenvalue weighted by atomic mass is 16.4. The van der Waals surface area contributed by atoms with Crippen molar-refractivity contribution in [3.8, 4) is 11.1 Å². The highest BCUT2D eigenvalue weighted by Crippen LogP contribution is 2.38. The Kier molecular flexibility index (Phi) is 5.16.